The highest BCUT2D eigenvalue weighted by atomic mass is 19.3. The molecule has 0 amide bonds. The Morgan fingerprint density at radius 3 is 2.44 bits per heavy atom. The minimum absolute atomic E-state index is 0.134. The molecule has 0 bridgehead atoms. The third-order valence-corrected chi connectivity index (χ3v) is 5.68. The van der Waals surface area contributed by atoms with Gasteiger partial charge in [0.25, 0.3) is 6.43 Å². The smallest absolute Gasteiger partial charge is 0.341 e. The zero-order chi connectivity index (χ0) is 23.0. The lowest BCUT2D eigenvalue weighted by Crippen LogP contribution is -2.47. The van der Waals surface area contributed by atoms with E-state index < -0.39 is 34.8 Å². The lowest BCUT2D eigenvalue weighted by Gasteiger charge is -2.38. The van der Waals surface area contributed by atoms with Crippen LogP contribution in [0.3, 0.4) is 0 Å². The van der Waals surface area contributed by atoms with Gasteiger partial charge < -0.3 is 19.5 Å². The maximum atomic E-state index is 15.2. The first kappa shape index (κ1) is 21.7. The molecule has 1 aliphatic heterocycles. The molecule has 0 saturated carbocycles. The number of halogens is 3. The van der Waals surface area contributed by atoms with Crippen LogP contribution in [0.5, 0.6) is 0 Å². The number of pyridine rings is 2. The zero-order valence-electron chi connectivity index (χ0n) is 17.3. The number of anilines is 2. The van der Waals surface area contributed by atoms with E-state index >= 15 is 4.39 Å². The Balaban J connectivity index is 1.83. The van der Waals surface area contributed by atoms with Gasteiger partial charge in [-0.15, -0.1) is 0 Å². The van der Waals surface area contributed by atoms with Crippen molar-refractivity contribution >= 4 is 28.4 Å². The molecule has 32 heavy (non-hydrogen) atoms. The summed E-state index contributed by atoms with van der Waals surface area (Å²) in [6.45, 7) is 3.24. The number of hydrogen-bond acceptors (Lipinski definition) is 5. The third kappa shape index (κ3) is 3.65. The van der Waals surface area contributed by atoms with Gasteiger partial charge >= 0.3 is 5.97 Å². The van der Waals surface area contributed by atoms with Gasteiger partial charge in [-0.05, 0) is 25.1 Å². The summed E-state index contributed by atoms with van der Waals surface area (Å²) in [6.07, 6.45) is -0.362. The fourth-order valence-electron chi connectivity index (χ4n) is 4.19. The highest BCUT2D eigenvalue weighted by molar-refractivity contribution is 5.95. The van der Waals surface area contributed by atoms with Crippen LogP contribution in [-0.2, 0) is 6.54 Å². The van der Waals surface area contributed by atoms with Crippen molar-refractivity contribution in [3.63, 3.8) is 0 Å². The van der Waals surface area contributed by atoms with E-state index in [1.165, 1.54) is 4.57 Å². The number of rotatable bonds is 5. The number of alkyl halides is 2. The van der Waals surface area contributed by atoms with Crippen molar-refractivity contribution in [1.82, 2.24) is 9.55 Å². The second kappa shape index (κ2) is 8.52. The number of aryl methyl sites for hydroxylation is 1. The van der Waals surface area contributed by atoms with E-state index in [9.17, 15) is 23.5 Å². The Labute approximate surface area is 181 Å². The third-order valence-electron chi connectivity index (χ3n) is 5.68. The molecule has 168 valence electrons. The number of carboxylic acids is 1. The Morgan fingerprint density at radius 2 is 1.88 bits per heavy atom. The van der Waals surface area contributed by atoms with Crippen LogP contribution in [0, 0.1) is 5.82 Å². The molecule has 1 fully saturated rings. The summed E-state index contributed by atoms with van der Waals surface area (Å²) < 4.78 is 45.1. The number of aromatic carboxylic acids is 1. The zero-order valence-corrected chi connectivity index (χ0v) is 17.3. The van der Waals surface area contributed by atoms with E-state index in [0.717, 1.165) is 18.1 Å². The van der Waals surface area contributed by atoms with E-state index in [0.29, 0.717) is 13.1 Å². The minimum Gasteiger partial charge on any atom is -0.477 e. The molecular formula is C22H21F3N4O3. The van der Waals surface area contributed by atoms with Gasteiger partial charge in [-0.2, -0.15) is 0 Å². The largest absolute Gasteiger partial charge is 0.477 e. The molecule has 0 spiro atoms. The van der Waals surface area contributed by atoms with Gasteiger partial charge in [0, 0.05) is 45.1 Å². The number of nitrogens with zero attached hydrogens (tertiary/aromatic N) is 4. The summed E-state index contributed by atoms with van der Waals surface area (Å²) in [5.41, 5.74) is -2.55. The molecule has 1 aliphatic rings. The van der Waals surface area contributed by atoms with Crippen molar-refractivity contribution < 1.29 is 23.1 Å². The highest BCUT2D eigenvalue weighted by Gasteiger charge is 2.30. The van der Waals surface area contributed by atoms with Crippen molar-refractivity contribution in [1.29, 1.82) is 0 Å². The lowest BCUT2D eigenvalue weighted by molar-refractivity contribution is 0.0695. The first-order valence-electron chi connectivity index (χ1n) is 10.1. The number of fused-ring (bicyclic) bond motifs is 1. The van der Waals surface area contributed by atoms with Crippen LogP contribution in [0.4, 0.5) is 24.7 Å². The van der Waals surface area contributed by atoms with E-state index in [2.05, 4.69) is 4.98 Å². The van der Waals surface area contributed by atoms with E-state index in [-0.39, 0.29) is 36.2 Å². The normalized spacial score (nSPS) is 14.4. The number of carbonyl (C=O) groups is 1. The summed E-state index contributed by atoms with van der Waals surface area (Å²) in [5.74, 6) is -1.71. The molecule has 1 aromatic carbocycles. The lowest BCUT2D eigenvalue weighted by atomic mass is 10.0. The van der Waals surface area contributed by atoms with Crippen LogP contribution in [0.15, 0.2) is 41.5 Å². The van der Waals surface area contributed by atoms with E-state index in [4.69, 9.17) is 0 Å². The summed E-state index contributed by atoms with van der Waals surface area (Å²) >= 11 is 0. The summed E-state index contributed by atoms with van der Waals surface area (Å²) in [4.78, 5) is 31.9. The van der Waals surface area contributed by atoms with Crippen molar-refractivity contribution in [3.05, 3.63) is 63.8 Å². The van der Waals surface area contributed by atoms with Gasteiger partial charge in [0.2, 0.25) is 5.43 Å². The molecule has 10 heteroatoms. The van der Waals surface area contributed by atoms with E-state index in [1.807, 2.05) is 17.0 Å². The first-order chi connectivity index (χ1) is 15.3. The van der Waals surface area contributed by atoms with Crippen LogP contribution in [0.2, 0.25) is 0 Å². The Hall–Kier alpha value is -3.56. The number of benzene rings is 1. The second-order valence-corrected chi connectivity index (χ2v) is 7.44. The molecule has 0 atom stereocenters. The van der Waals surface area contributed by atoms with Crippen molar-refractivity contribution in [3.8, 4) is 0 Å². The molecule has 7 nitrogen and oxygen atoms in total. The molecule has 1 saturated heterocycles. The van der Waals surface area contributed by atoms with Gasteiger partial charge in [0.05, 0.1) is 22.2 Å². The molecule has 2 aromatic heterocycles. The van der Waals surface area contributed by atoms with Gasteiger partial charge in [-0.1, -0.05) is 6.07 Å². The van der Waals surface area contributed by atoms with Crippen LogP contribution < -0.4 is 15.2 Å². The fourth-order valence-corrected chi connectivity index (χ4v) is 4.19. The van der Waals surface area contributed by atoms with Crippen LogP contribution in [0.1, 0.15) is 29.3 Å². The summed E-state index contributed by atoms with van der Waals surface area (Å²) in [7, 11) is 0. The Kier molecular flexibility index (Phi) is 5.77. The monoisotopic (exact) mass is 446 g/mol. The van der Waals surface area contributed by atoms with Crippen LogP contribution in [0.25, 0.3) is 10.9 Å². The SMILES string of the molecule is CCn1cc(C(=O)O)c(=O)c2cc(F)c(N3CCN(c4ccccn4)CC3)c(C(F)F)c21. The van der Waals surface area contributed by atoms with Crippen LogP contribution in [-0.4, -0.2) is 46.8 Å². The molecule has 0 radical (unpaired) electrons. The molecule has 1 N–H and O–H groups in total. The number of piperazine rings is 1. The summed E-state index contributed by atoms with van der Waals surface area (Å²) in [5, 5.41) is 8.93. The first-order valence-corrected chi connectivity index (χ1v) is 10.1. The van der Waals surface area contributed by atoms with Crippen molar-refractivity contribution in [2.24, 2.45) is 0 Å². The molecule has 4 rings (SSSR count). The van der Waals surface area contributed by atoms with Crippen molar-refractivity contribution in [2.45, 2.75) is 19.9 Å². The Bertz CT molecular complexity index is 1220. The molecule has 0 unspecified atom stereocenters. The average molecular weight is 446 g/mol. The average Bonchev–Trinajstić information content (AvgIpc) is 2.79. The van der Waals surface area contributed by atoms with Gasteiger partial charge in [0.1, 0.15) is 17.2 Å². The van der Waals surface area contributed by atoms with Gasteiger partial charge in [-0.3, -0.25) is 4.79 Å². The minimum atomic E-state index is -3.06. The number of aromatic nitrogens is 2. The van der Waals surface area contributed by atoms with Gasteiger partial charge in [-0.25, -0.2) is 22.9 Å². The molecular weight excluding hydrogens is 425 g/mol. The fraction of sp³-hybridized carbons (Fsp3) is 0.318. The van der Waals surface area contributed by atoms with E-state index in [1.54, 1.807) is 24.1 Å². The highest BCUT2D eigenvalue weighted by Crippen LogP contribution is 2.38. The molecule has 3 aromatic rings. The number of carboxylic acid groups (broad SMARTS) is 1. The maximum Gasteiger partial charge on any atom is 0.341 e. The predicted molar refractivity (Wildman–Crippen MR) is 114 cm³/mol. The summed E-state index contributed by atoms with van der Waals surface area (Å²) in [6, 6.07) is 6.36. The molecule has 0 aliphatic carbocycles. The van der Waals surface area contributed by atoms with Gasteiger partial charge in [0.15, 0.2) is 0 Å². The maximum absolute atomic E-state index is 15.2. The molecule has 3 heterocycles. The van der Waals surface area contributed by atoms with Crippen LogP contribution >= 0.6 is 0 Å². The van der Waals surface area contributed by atoms with Crippen molar-refractivity contribution in [2.75, 3.05) is 36.0 Å². The second-order valence-electron chi connectivity index (χ2n) is 7.44. The Morgan fingerprint density at radius 1 is 1.19 bits per heavy atom. The topological polar surface area (TPSA) is 78.7 Å². The predicted octanol–water partition coefficient (Wildman–Crippen LogP) is 3.52. The number of hydrogen-bond donors (Lipinski definition) is 1. The quantitative estimate of drug-likeness (QED) is 0.646. The standard InChI is InChI=1S/C22H21F3N4O3/c1-2-27-12-14(22(31)32)20(30)13-11-15(23)19(17(18(13)27)21(24)25)29-9-7-28(8-10-29)16-5-3-4-6-26-16/h3-6,11-12,21H,2,7-10H2,1H3,(H,31,32).